The number of carbonyl (C=O) groups excluding carboxylic acids is 2. The van der Waals surface area contributed by atoms with Gasteiger partial charge in [-0.05, 0) is 12.1 Å². The van der Waals surface area contributed by atoms with Crippen LogP contribution in [0.5, 0.6) is 0 Å². The molecule has 2 aliphatic heterocycles. The Morgan fingerprint density at radius 1 is 1.41 bits per heavy atom. The minimum Gasteiger partial charge on any atom is -0.477 e. The molecule has 5 N–H and O–H groups in total. The molecule has 14 nitrogen and oxygen atoms in total. The minimum absolute atomic E-state index is 0.0405. The Hall–Kier alpha value is -3.67. The lowest BCUT2D eigenvalue weighted by Gasteiger charge is -2.49. The zero-order chi connectivity index (χ0) is 27.7. The second kappa shape index (κ2) is 11.2. The standard InChI is InChI=1S/C22H22N8O6S3/c1-36-26-14(17-25-22(23)39-27-17)18(32)24-15-19(33)30-16(21(34)35)11(10-38-20(15)30)8-28-4-5-29-12(9-28)2-3-13(29)37-7-6-31/h2-5,9,15,20,31H,6-8,10H2,1H3,(H3-,23,24,25,27,32,34,35)/p+1/b26-14-/t15-,20+/m1/s1. The molecule has 3 aromatic rings. The number of β-lactam (4-membered cyclic amide) rings is 1. The highest BCUT2D eigenvalue weighted by molar-refractivity contribution is 8.00. The number of nitrogens with zero attached hydrogens (tertiary/aromatic N) is 6. The average molecular weight is 592 g/mol. The van der Waals surface area contributed by atoms with Crippen LogP contribution in [0.3, 0.4) is 0 Å². The molecular formula is C22H23N8O6S3+. The predicted molar refractivity (Wildman–Crippen MR) is 143 cm³/mol. The molecule has 1 fully saturated rings. The summed E-state index contributed by atoms with van der Waals surface area (Å²) in [7, 11) is 1.25. The maximum Gasteiger partial charge on any atom is 0.352 e. The molecule has 5 heterocycles. The summed E-state index contributed by atoms with van der Waals surface area (Å²) >= 11 is 3.77. The highest BCUT2D eigenvalue weighted by Crippen LogP contribution is 2.40. The summed E-state index contributed by atoms with van der Waals surface area (Å²) in [5.74, 6) is -1.62. The van der Waals surface area contributed by atoms with Crippen molar-refractivity contribution in [3.05, 3.63) is 47.8 Å². The van der Waals surface area contributed by atoms with Crippen LogP contribution in [0.25, 0.3) is 5.52 Å². The molecule has 2 amide bonds. The fourth-order valence-electron chi connectivity index (χ4n) is 4.28. The normalized spacial score (nSPS) is 19.2. The van der Waals surface area contributed by atoms with E-state index >= 15 is 0 Å². The van der Waals surface area contributed by atoms with Crippen LogP contribution in [-0.4, -0.2) is 89.0 Å². The summed E-state index contributed by atoms with van der Waals surface area (Å²) in [5.41, 5.74) is 6.74. The van der Waals surface area contributed by atoms with E-state index in [1.807, 2.05) is 39.7 Å². The summed E-state index contributed by atoms with van der Waals surface area (Å²) in [6.07, 6.45) is 5.60. The van der Waals surface area contributed by atoms with Crippen molar-refractivity contribution in [3.8, 4) is 0 Å². The molecule has 0 saturated carbocycles. The van der Waals surface area contributed by atoms with Crippen LogP contribution in [0, 0.1) is 0 Å². The monoisotopic (exact) mass is 591 g/mol. The number of nitrogens with two attached hydrogens (primary N) is 1. The number of thioether (sulfide) groups is 2. The molecule has 0 bridgehead atoms. The third-order valence-corrected chi connectivity index (χ3v) is 8.82. The number of aliphatic hydroxyl groups is 1. The Bertz CT molecular complexity index is 1520. The first-order valence-corrected chi connectivity index (χ1v) is 14.3. The third-order valence-electron chi connectivity index (χ3n) is 5.92. The fraction of sp³-hybridized carbons (Fsp3) is 0.318. The maximum absolute atomic E-state index is 13.1. The smallest absolute Gasteiger partial charge is 0.352 e. The lowest BCUT2D eigenvalue weighted by molar-refractivity contribution is -0.688. The summed E-state index contributed by atoms with van der Waals surface area (Å²) < 4.78 is 7.80. The van der Waals surface area contributed by atoms with Crippen LogP contribution < -0.4 is 15.6 Å². The van der Waals surface area contributed by atoms with Gasteiger partial charge in [0, 0.05) is 28.6 Å². The summed E-state index contributed by atoms with van der Waals surface area (Å²) in [6, 6.07) is 2.94. The van der Waals surface area contributed by atoms with Gasteiger partial charge in [-0.2, -0.15) is 13.9 Å². The Labute approximate surface area is 233 Å². The molecule has 2 aliphatic rings. The predicted octanol–water partition coefficient (Wildman–Crippen LogP) is -0.466. The summed E-state index contributed by atoms with van der Waals surface area (Å²) in [6.45, 7) is 0.347. The minimum atomic E-state index is -1.22. The number of carboxylic acid groups (broad SMARTS) is 1. The van der Waals surface area contributed by atoms with E-state index in [-0.39, 0.29) is 35.5 Å². The van der Waals surface area contributed by atoms with Crippen molar-refractivity contribution in [1.29, 1.82) is 0 Å². The summed E-state index contributed by atoms with van der Waals surface area (Å²) in [4.78, 5) is 48.1. The van der Waals surface area contributed by atoms with Gasteiger partial charge in [-0.1, -0.05) is 5.16 Å². The van der Waals surface area contributed by atoms with E-state index in [1.165, 1.54) is 35.5 Å². The lowest BCUT2D eigenvalue weighted by Crippen LogP contribution is -2.71. The Morgan fingerprint density at radius 3 is 2.92 bits per heavy atom. The largest absolute Gasteiger partial charge is 0.477 e. The van der Waals surface area contributed by atoms with Gasteiger partial charge in [0.15, 0.2) is 24.1 Å². The Balaban J connectivity index is 1.33. The van der Waals surface area contributed by atoms with E-state index in [0.717, 1.165) is 22.1 Å². The second-order valence-corrected chi connectivity index (χ2v) is 11.3. The van der Waals surface area contributed by atoms with E-state index in [2.05, 4.69) is 19.8 Å². The SMILES string of the molecule is CO/N=C(\C(=O)N[C@@H]1C(=O)N2C(C(=O)O)=C(C[n+]3ccn4c(SCCO)ccc4c3)CS[C@@H]12)c1nsc(N)n1. The van der Waals surface area contributed by atoms with Crippen molar-refractivity contribution in [3.63, 3.8) is 0 Å². The number of aliphatic carboxylic acids is 1. The number of hydrogen-bond acceptors (Lipinski definition) is 12. The van der Waals surface area contributed by atoms with Crippen molar-refractivity contribution < 1.29 is 34.0 Å². The number of oxime groups is 1. The number of aromatic nitrogens is 4. The molecule has 0 aromatic carbocycles. The van der Waals surface area contributed by atoms with E-state index in [4.69, 9.17) is 15.7 Å². The van der Waals surface area contributed by atoms with Gasteiger partial charge in [-0.25, -0.2) is 4.79 Å². The van der Waals surface area contributed by atoms with Crippen LogP contribution >= 0.6 is 35.1 Å². The van der Waals surface area contributed by atoms with Crippen LogP contribution in [-0.2, 0) is 25.8 Å². The number of rotatable bonds is 10. The number of amides is 2. The third kappa shape index (κ3) is 5.17. The first-order chi connectivity index (χ1) is 18.8. The number of fused-ring (bicyclic) bond motifs is 2. The molecule has 3 aromatic heterocycles. The molecule has 0 spiro atoms. The van der Waals surface area contributed by atoms with Crippen LogP contribution in [0.1, 0.15) is 5.82 Å². The summed E-state index contributed by atoms with van der Waals surface area (Å²) in [5, 5.41) is 25.9. The lowest BCUT2D eigenvalue weighted by atomic mass is 10.0. The second-order valence-electron chi connectivity index (χ2n) is 8.34. The van der Waals surface area contributed by atoms with Crippen molar-refractivity contribution in [1.82, 2.24) is 24.0 Å². The average Bonchev–Trinajstić information content (AvgIpc) is 3.54. The molecule has 0 radical (unpaired) electrons. The topological polar surface area (TPSA) is 189 Å². The number of hydrogen-bond donors (Lipinski definition) is 4. The molecule has 204 valence electrons. The van der Waals surface area contributed by atoms with Gasteiger partial charge in [-0.15, -0.1) is 23.5 Å². The van der Waals surface area contributed by atoms with Gasteiger partial charge in [0.2, 0.25) is 11.5 Å². The first kappa shape index (κ1) is 26.9. The van der Waals surface area contributed by atoms with Crippen molar-refractivity contribution in [2.45, 2.75) is 23.0 Å². The zero-order valence-corrected chi connectivity index (χ0v) is 22.8. The van der Waals surface area contributed by atoms with Crippen molar-refractivity contribution in [2.75, 3.05) is 31.0 Å². The van der Waals surface area contributed by atoms with Crippen molar-refractivity contribution >= 4 is 69.2 Å². The van der Waals surface area contributed by atoms with Gasteiger partial charge in [0.25, 0.3) is 11.8 Å². The fourth-order valence-corrected chi connectivity index (χ4v) is 6.82. The number of carboxylic acids is 1. The van der Waals surface area contributed by atoms with Gasteiger partial charge < -0.3 is 30.5 Å². The van der Waals surface area contributed by atoms with Gasteiger partial charge in [0.1, 0.15) is 29.7 Å². The molecule has 5 rings (SSSR count). The number of nitrogen functional groups attached to an aromatic ring is 1. The molecule has 0 aliphatic carbocycles. The van der Waals surface area contributed by atoms with E-state index in [9.17, 15) is 19.5 Å². The highest BCUT2D eigenvalue weighted by atomic mass is 32.2. The van der Waals surface area contributed by atoms with Gasteiger partial charge in [0.05, 0.1) is 17.8 Å². The highest BCUT2D eigenvalue weighted by Gasteiger charge is 2.54. The molecular weight excluding hydrogens is 568 g/mol. The molecule has 2 atom stereocenters. The Kier molecular flexibility index (Phi) is 7.74. The maximum atomic E-state index is 13.1. The molecule has 39 heavy (non-hydrogen) atoms. The quantitative estimate of drug-likeness (QED) is 0.0785. The van der Waals surface area contributed by atoms with E-state index in [0.29, 0.717) is 17.1 Å². The van der Waals surface area contributed by atoms with Crippen molar-refractivity contribution in [2.24, 2.45) is 5.16 Å². The number of carbonyl (C=O) groups is 3. The van der Waals surface area contributed by atoms with Crippen LogP contribution in [0.15, 0.2) is 52.2 Å². The first-order valence-electron chi connectivity index (χ1n) is 11.5. The van der Waals surface area contributed by atoms with E-state index in [1.54, 1.807) is 0 Å². The molecule has 0 unspecified atom stereocenters. The Morgan fingerprint density at radius 2 is 2.23 bits per heavy atom. The van der Waals surface area contributed by atoms with E-state index < -0.39 is 29.2 Å². The zero-order valence-electron chi connectivity index (χ0n) is 20.4. The van der Waals surface area contributed by atoms with Crippen LogP contribution in [0.2, 0.25) is 0 Å². The molecule has 1 saturated heterocycles. The van der Waals surface area contributed by atoms with Gasteiger partial charge >= 0.3 is 5.97 Å². The van der Waals surface area contributed by atoms with Crippen LogP contribution in [0.4, 0.5) is 5.13 Å². The number of anilines is 1. The number of aliphatic hydroxyl groups excluding tert-OH is 1. The molecule has 17 heteroatoms. The number of nitrogens with one attached hydrogen (secondary N) is 1. The van der Waals surface area contributed by atoms with Gasteiger partial charge in [-0.3, -0.25) is 14.5 Å².